The third-order valence-electron chi connectivity index (χ3n) is 5.19. The number of carbonyl (C=O) groups is 1. The van der Waals surface area contributed by atoms with Crippen LogP contribution < -0.4 is 16.0 Å². The molecule has 1 amide bonds. The van der Waals surface area contributed by atoms with Crippen molar-refractivity contribution >= 4 is 27.5 Å². The number of carbonyl (C=O) groups excluding carboxylic acids is 1. The van der Waals surface area contributed by atoms with Crippen molar-refractivity contribution < 1.29 is 9.53 Å². The lowest BCUT2D eigenvalue weighted by Crippen LogP contribution is -2.24. The molecule has 2 aromatic carbocycles. The summed E-state index contributed by atoms with van der Waals surface area (Å²) in [4.78, 5) is 30.4. The first kappa shape index (κ1) is 20.8. The van der Waals surface area contributed by atoms with Crippen molar-refractivity contribution in [1.82, 2.24) is 9.55 Å². The van der Waals surface area contributed by atoms with Crippen LogP contribution in [-0.4, -0.2) is 22.6 Å². The van der Waals surface area contributed by atoms with Crippen LogP contribution in [0.1, 0.15) is 18.4 Å². The molecule has 6 nitrogen and oxygen atoms in total. The van der Waals surface area contributed by atoms with Gasteiger partial charge in [0.1, 0.15) is 16.4 Å². The summed E-state index contributed by atoms with van der Waals surface area (Å²) in [6.07, 6.45) is 0.685. The number of hydrogen-bond donors (Lipinski definition) is 1. The van der Waals surface area contributed by atoms with Gasteiger partial charge in [0.25, 0.3) is 5.56 Å². The maximum atomic E-state index is 13.7. The number of thiophene rings is 1. The fraction of sp³-hybridized carbons (Fsp3) is 0.208. The van der Waals surface area contributed by atoms with E-state index >= 15 is 0 Å². The van der Waals surface area contributed by atoms with Gasteiger partial charge in [-0.2, -0.15) is 0 Å². The highest BCUT2D eigenvalue weighted by molar-refractivity contribution is 7.17. The maximum Gasteiger partial charge on any atom is 0.263 e. The summed E-state index contributed by atoms with van der Waals surface area (Å²) < 4.78 is 7.00. The molecule has 0 saturated heterocycles. The molecule has 158 valence electrons. The number of benzene rings is 2. The lowest BCUT2D eigenvalue weighted by molar-refractivity contribution is -0.118. The van der Waals surface area contributed by atoms with Gasteiger partial charge in [-0.1, -0.05) is 42.0 Å². The Kier molecular flexibility index (Phi) is 5.86. The van der Waals surface area contributed by atoms with E-state index in [0.717, 1.165) is 28.0 Å². The second-order valence-electron chi connectivity index (χ2n) is 7.39. The average Bonchev–Trinajstić information content (AvgIpc) is 3.20. The van der Waals surface area contributed by atoms with Crippen LogP contribution in [0.2, 0.25) is 0 Å². The number of rotatable bonds is 7. The molecule has 0 aliphatic heterocycles. The first-order chi connectivity index (χ1) is 15.0. The summed E-state index contributed by atoms with van der Waals surface area (Å²) in [7, 11) is 1.62. The fourth-order valence-electron chi connectivity index (χ4n) is 3.57. The number of hydrogen-bond acceptors (Lipinski definition) is 5. The molecule has 7 heteroatoms. The molecule has 0 spiro atoms. The van der Waals surface area contributed by atoms with Gasteiger partial charge < -0.3 is 10.5 Å². The number of nitrogens with zero attached hydrogens (tertiary/aromatic N) is 2. The fourth-order valence-corrected chi connectivity index (χ4v) is 4.51. The van der Waals surface area contributed by atoms with Crippen LogP contribution in [-0.2, 0) is 11.3 Å². The van der Waals surface area contributed by atoms with Gasteiger partial charge in [0.05, 0.1) is 12.5 Å². The Morgan fingerprint density at radius 2 is 1.94 bits per heavy atom. The van der Waals surface area contributed by atoms with E-state index in [0.29, 0.717) is 29.0 Å². The van der Waals surface area contributed by atoms with Crippen molar-refractivity contribution in [3.8, 4) is 28.3 Å². The molecule has 2 heterocycles. The minimum atomic E-state index is -0.383. The normalized spacial score (nSPS) is 11.0. The van der Waals surface area contributed by atoms with Gasteiger partial charge in [-0.25, -0.2) is 4.98 Å². The summed E-state index contributed by atoms with van der Waals surface area (Å²) in [5.41, 5.74) is 8.91. The second-order valence-corrected chi connectivity index (χ2v) is 8.25. The van der Waals surface area contributed by atoms with Crippen molar-refractivity contribution in [2.45, 2.75) is 26.3 Å². The number of methoxy groups -OCH3 is 1. The number of aryl methyl sites for hydroxylation is 1. The summed E-state index contributed by atoms with van der Waals surface area (Å²) in [5.74, 6) is 0.940. The first-order valence-electron chi connectivity index (χ1n) is 9.99. The molecule has 0 radical (unpaired) electrons. The summed E-state index contributed by atoms with van der Waals surface area (Å²) in [5, 5.41) is 2.54. The average molecular weight is 434 g/mol. The van der Waals surface area contributed by atoms with E-state index < -0.39 is 0 Å². The predicted octanol–water partition coefficient (Wildman–Crippen LogP) is 4.37. The van der Waals surface area contributed by atoms with E-state index in [-0.39, 0.29) is 17.9 Å². The highest BCUT2D eigenvalue weighted by Gasteiger charge is 2.18. The number of fused-ring (bicyclic) bond motifs is 1. The van der Waals surface area contributed by atoms with E-state index in [2.05, 4.69) is 0 Å². The van der Waals surface area contributed by atoms with Crippen LogP contribution in [0.4, 0.5) is 0 Å². The zero-order valence-corrected chi connectivity index (χ0v) is 18.2. The Morgan fingerprint density at radius 3 is 2.65 bits per heavy atom. The van der Waals surface area contributed by atoms with Gasteiger partial charge in [0, 0.05) is 29.5 Å². The number of primary amides is 1. The monoisotopic (exact) mass is 433 g/mol. The zero-order valence-electron chi connectivity index (χ0n) is 17.4. The van der Waals surface area contributed by atoms with Gasteiger partial charge >= 0.3 is 0 Å². The van der Waals surface area contributed by atoms with E-state index in [1.807, 2.05) is 60.8 Å². The van der Waals surface area contributed by atoms with E-state index in [1.54, 1.807) is 11.7 Å². The molecule has 31 heavy (non-hydrogen) atoms. The third-order valence-corrected chi connectivity index (χ3v) is 6.06. The van der Waals surface area contributed by atoms with Gasteiger partial charge in [-0.05, 0) is 31.0 Å². The van der Waals surface area contributed by atoms with Gasteiger partial charge in [0.2, 0.25) is 5.91 Å². The molecule has 0 bridgehead atoms. The number of aromatic nitrogens is 2. The van der Waals surface area contributed by atoms with Crippen molar-refractivity contribution in [3.63, 3.8) is 0 Å². The molecule has 0 aliphatic rings. The molecule has 0 aliphatic carbocycles. The van der Waals surface area contributed by atoms with Crippen LogP contribution in [0.25, 0.3) is 32.7 Å². The number of nitrogens with two attached hydrogens (primary N) is 1. The first-order valence-corrected chi connectivity index (χ1v) is 10.9. The molecular formula is C24H23N3O3S. The molecule has 0 atom stereocenters. The van der Waals surface area contributed by atoms with Crippen LogP contribution in [0, 0.1) is 6.92 Å². The van der Waals surface area contributed by atoms with Crippen molar-refractivity contribution in [2.24, 2.45) is 5.73 Å². The lowest BCUT2D eigenvalue weighted by Gasteiger charge is -2.13. The molecule has 4 aromatic rings. The van der Waals surface area contributed by atoms with Crippen LogP contribution in [0.5, 0.6) is 5.75 Å². The molecule has 4 rings (SSSR count). The van der Waals surface area contributed by atoms with Crippen molar-refractivity contribution in [3.05, 3.63) is 69.8 Å². The number of ether oxygens (including phenoxy) is 1. The SMILES string of the molecule is COc1cccc(-c2csc3nc(-c4ccc(C)cc4)n(CCCC(N)=O)c(=O)c23)c1. The Labute approximate surface area is 183 Å². The molecule has 0 fully saturated rings. The van der Waals surface area contributed by atoms with Gasteiger partial charge in [0.15, 0.2) is 0 Å². The van der Waals surface area contributed by atoms with Crippen LogP contribution >= 0.6 is 11.3 Å². The van der Waals surface area contributed by atoms with Gasteiger partial charge in [-0.3, -0.25) is 14.2 Å². The van der Waals surface area contributed by atoms with Crippen LogP contribution in [0.15, 0.2) is 58.7 Å². The quantitative estimate of drug-likeness (QED) is 0.469. The summed E-state index contributed by atoms with van der Waals surface area (Å²) in [6.45, 7) is 2.38. The van der Waals surface area contributed by atoms with E-state index in [9.17, 15) is 9.59 Å². The Balaban J connectivity index is 1.90. The zero-order chi connectivity index (χ0) is 22.0. The summed E-state index contributed by atoms with van der Waals surface area (Å²) in [6, 6.07) is 15.5. The van der Waals surface area contributed by atoms with E-state index in [1.165, 1.54) is 11.3 Å². The lowest BCUT2D eigenvalue weighted by atomic mass is 10.1. The minimum Gasteiger partial charge on any atom is -0.497 e. The smallest absolute Gasteiger partial charge is 0.263 e. The summed E-state index contributed by atoms with van der Waals surface area (Å²) >= 11 is 1.45. The highest BCUT2D eigenvalue weighted by atomic mass is 32.1. The molecule has 2 N–H and O–H groups in total. The second kappa shape index (κ2) is 8.73. The largest absolute Gasteiger partial charge is 0.497 e. The Bertz CT molecular complexity index is 1310. The highest BCUT2D eigenvalue weighted by Crippen LogP contribution is 2.34. The predicted molar refractivity (Wildman–Crippen MR) is 124 cm³/mol. The Hall–Kier alpha value is -3.45. The van der Waals surface area contributed by atoms with Crippen molar-refractivity contribution in [1.29, 1.82) is 0 Å². The van der Waals surface area contributed by atoms with Crippen LogP contribution in [0.3, 0.4) is 0 Å². The standard InChI is InChI=1S/C24H23N3O3S/c1-15-8-10-16(11-9-15)22-26-23-21(24(29)27(22)12-4-7-20(25)28)19(14-31-23)17-5-3-6-18(13-17)30-2/h3,5-6,8-11,13-14H,4,7,12H2,1-2H3,(H2,25,28). The topological polar surface area (TPSA) is 87.2 Å². The molecule has 2 aromatic heterocycles. The van der Waals surface area contributed by atoms with Crippen molar-refractivity contribution in [2.75, 3.05) is 7.11 Å². The number of amides is 1. The molecular weight excluding hydrogens is 410 g/mol. The Morgan fingerprint density at radius 1 is 1.16 bits per heavy atom. The molecule has 0 unspecified atom stereocenters. The molecule has 0 saturated carbocycles. The maximum absolute atomic E-state index is 13.7. The minimum absolute atomic E-state index is 0.121. The third kappa shape index (κ3) is 4.22. The van der Waals surface area contributed by atoms with E-state index in [4.69, 9.17) is 15.5 Å². The van der Waals surface area contributed by atoms with Gasteiger partial charge in [-0.15, -0.1) is 11.3 Å².